The molecule has 3 N–H and O–H groups in total. The van der Waals surface area contributed by atoms with Gasteiger partial charge in [-0.2, -0.15) is 0 Å². The Hall–Kier alpha value is -0.660. The predicted octanol–water partition coefficient (Wildman–Crippen LogP) is 0.538. The Morgan fingerprint density at radius 3 is 2.33 bits per heavy atom. The van der Waals surface area contributed by atoms with Gasteiger partial charge in [-0.05, 0) is 32.1 Å². The highest BCUT2D eigenvalue weighted by atomic mass is 32.2. The summed E-state index contributed by atoms with van der Waals surface area (Å²) in [5, 5.41) is 0. The van der Waals surface area contributed by atoms with Crippen molar-refractivity contribution in [2.24, 2.45) is 17.6 Å². The number of likely N-dealkylation sites (tertiary alicyclic amines) is 1. The molecule has 1 heterocycles. The van der Waals surface area contributed by atoms with Crippen LogP contribution in [0.4, 0.5) is 0 Å². The van der Waals surface area contributed by atoms with Crippen LogP contribution in [0.5, 0.6) is 0 Å². The Kier molecular flexibility index (Phi) is 7.09. The highest BCUT2D eigenvalue weighted by molar-refractivity contribution is 7.89. The Bertz CT molecular complexity index is 429. The quantitative estimate of drug-likeness (QED) is 0.716. The lowest BCUT2D eigenvalue weighted by Gasteiger charge is -2.34. The lowest BCUT2D eigenvalue weighted by atomic mass is 9.94. The van der Waals surface area contributed by atoms with Crippen LogP contribution in [0.15, 0.2) is 0 Å². The van der Waals surface area contributed by atoms with Crippen LogP contribution in [0.2, 0.25) is 0 Å². The van der Waals surface area contributed by atoms with E-state index in [0.717, 1.165) is 6.42 Å². The molecule has 7 heteroatoms. The molecule has 0 aromatic heterocycles. The summed E-state index contributed by atoms with van der Waals surface area (Å²) in [5.41, 5.74) is 5.72. The standard InChI is InChI=1S/C14H29N3O3S/c1-4-21(19,20)16-13-5-7-17(8-6-13)14(18)12(10-15)9-11(2)3/h11-13,16H,4-10,15H2,1-3H3. The monoisotopic (exact) mass is 319 g/mol. The van der Waals surface area contributed by atoms with Crippen molar-refractivity contribution in [1.82, 2.24) is 9.62 Å². The van der Waals surface area contributed by atoms with Gasteiger partial charge in [-0.3, -0.25) is 4.79 Å². The molecule has 0 aliphatic carbocycles. The second-order valence-electron chi connectivity index (χ2n) is 6.18. The molecule has 1 aliphatic rings. The number of nitrogens with zero attached hydrogens (tertiary/aromatic N) is 1. The highest BCUT2D eigenvalue weighted by Crippen LogP contribution is 2.18. The number of sulfonamides is 1. The number of rotatable bonds is 7. The summed E-state index contributed by atoms with van der Waals surface area (Å²) in [5.74, 6) is 0.531. The van der Waals surface area contributed by atoms with Gasteiger partial charge in [-0.25, -0.2) is 13.1 Å². The maximum atomic E-state index is 12.4. The van der Waals surface area contributed by atoms with E-state index < -0.39 is 10.0 Å². The van der Waals surface area contributed by atoms with Crippen molar-refractivity contribution in [3.8, 4) is 0 Å². The van der Waals surface area contributed by atoms with Crippen LogP contribution >= 0.6 is 0 Å². The zero-order valence-corrected chi connectivity index (χ0v) is 14.2. The van der Waals surface area contributed by atoms with Gasteiger partial charge in [-0.1, -0.05) is 13.8 Å². The molecule has 1 atom stereocenters. The summed E-state index contributed by atoms with van der Waals surface area (Å²) in [6.07, 6.45) is 2.14. The average Bonchev–Trinajstić information content (AvgIpc) is 2.44. The lowest BCUT2D eigenvalue weighted by Crippen LogP contribution is -2.49. The minimum absolute atomic E-state index is 0.0552. The Labute approximate surface area is 128 Å². The molecule has 0 radical (unpaired) electrons. The average molecular weight is 319 g/mol. The zero-order valence-electron chi connectivity index (χ0n) is 13.3. The number of carbonyl (C=O) groups is 1. The second-order valence-corrected chi connectivity index (χ2v) is 8.23. The molecule has 124 valence electrons. The molecule has 1 fully saturated rings. The van der Waals surface area contributed by atoms with Crippen molar-refractivity contribution < 1.29 is 13.2 Å². The third-order valence-electron chi connectivity index (χ3n) is 3.92. The normalized spacial score (nSPS) is 19.0. The van der Waals surface area contributed by atoms with E-state index in [1.165, 1.54) is 0 Å². The first kappa shape index (κ1) is 18.4. The SMILES string of the molecule is CCS(=O)(=O)NC1CCN(C(=O)C(CN)CC(C)C)CC1. The molecule has 0 aromatic carbocycles. The number of nitrogens with two attached hydrogens (primary N) is 1. The fourth-order valence-electron chi connectivity index (χ4n) is 2.68. The van der Waals surface area contributed by atoms with E-state index in [-0.39, 0.29) is 23.6 Å². The van der Waals surface area contributed by atoms with Crippen LogP contribution in [0.1, 0.15) is 40.0 Å². The van der Waals surface area contributed by atoms with Crippen molar-refractivity contribution in [2.75, 3.05) is 25.4 Å². The van der Waals surface area contributed by atoms with Gasteiger partial charge in [0.1, 0.15) is 0 Å². The van der Waals surface area contributed by atoms with E-state index in [4.69, 9.17) is 5.73 Å². The van der Waals surface area contributed by atoms with Gasteiger partial charge < -0.3 is 10.6 Å². The maximum Gasteiger partial charge on any atom is 0.226 e. The van der Waals surface area contributed by atoms with E-state index >= 15 is 0 Å². The van der Waals surface area contributed by atoms with Gasteiger partial charge in [0.2, 0.25) is 15.9 Å². The molecular formula is C14H29N3O3S. The van der Waals surface area contributed by atoms with E-state index in [1.807, 2.05) is 4.90 Å². The number of hydrogen-bond acceptors (Lipinski definition) is 4. The van der Waals surface area contributed by atoms with Gasteiger partial charge in [0, 0.05) is 25.7 Å². The Morgan fingerprint density at radius 1 is 1.33 bits per heavy atom. The summed E-state index contributed by atoms with van der Waals surface area (Å²) < 4.78 is 25.8. The summed E-state index contributed by atoms with van der Waals surface area (Å²) in [4.78, 5) is 14.3. The number of carbonyl (C=O) groups excluding carboxylic acids is 1. The molecular weight excluding hydrogens is 290 g/mol. The van der Waals surface area contributed by atoms with Gasteiger partial charge in [0.05, 0.1) is 11.7 Å². The van der Waals surface area contributed by atoms with E-state index in [1.54, 1.807) is 6.92 Å². The zero-order chi connectivity index (χ0) is 16.0. The largest absolute Gasteiger partial charge is 0.342 e. The van der Waals surface area contributed by atoms with E-state index in [2.05, 4.69) is 18.6 Å². The first-order valence-corrected chi connectivity index (χ1v) is 9.43. The molecule has 21 heavy (non-hydrogen) atoms. The third kappa shape index (κ3) is 5.92. The number of nitrogens with one attached hydrogen (secondary N) is 1. The van der Waals surface area contributed by atoms with Crippen LogP contribution < -0.4 is 10.5 Å². The van der Waals surface area contributed by atoms with Gasteiger partial charge in [-0.15, -0.1) is 0 Å². The molecule has 0 aromatic rings. The first-order valence-electron chi connectivity index (χ1n) is 7.77. The third-order valence-corrected chi connectivity index (χ3v) is 5.38. The maximum absolute atomic E-state index is 12.4. The summed E-state index contributed by atoms with van der Waals surface area (Å²) in [6, 6.07) is -0.0552. The van der Waals surface area contributed by atoms with Gasteiger partial charge in [0.15, 0.2) is 0 Å². The van der Waals surface area contributed by atoms with E-state index in [0.29, 0.717) is 38.4 Å². The minimum Gasteiger partial charge on any atom is -0.342 e. The fourth-order valence-corrected chi connectivity index (χ4v) is 3.59. The van der Waals surface area contributed by atoms with Crippen LogP contribution in [0, 0.1) is 11.8 Å². The van der Waals surface area contributed by atoms with E-state index in [9.17, 15) is 13.2 Å². The van der Waals surface area contributed by atoms with Crippen molar-refractivity contribution in [3.05, 3.63) is 0 Å². The molecule has 6 nitrogen and oxygen atoms in total. The topological polar surface area (TPSA) is 92.5 Å². The van der Waals surface area contributed by atoms with Crippen LogP contribution in [-0.2, 0) is 14.8 Å². The summed E-state index contributed by atoms with van der Waals surface area (Å²) >= 11 is 0. The molecule has 1 rings (SSSR count). The minimum atomic E-state index is -3.17. The van der Waals surface area contributed by atoms with Crippen molar-refractivity contribution >= 4 is 15.9 Å². The molecule has 1 aliphatic heterocycles. The fraction of sp³-hybridized carbons (Fsp3) is 0.929. The number of amides is 1. The number of hydrogen-bond donors (Lipinski definition) is 2. The highest BCUT2D eigenvalue weighted by Gasteiger charge is 2.29. The second kappa shape index (κ2) is 8.10. The molecule has 1 unspecified atom stereocenters. The number of piperidine rings is 1. The Morgan fingerprint density at radius 2 is 1.90 bits per heavy atom. The summed E-state index contributed by atoms with van der Waals surface area (Å²) in [6.45, 7) is 7.37. The van der Waals surface area contributed by atoms with Crippen LogP contribution in [-0.4, -0.2) is 50.7 Å². The van der Waals surface area contributed by atoms with Crippen molar-refractivity contribution in [2.45, 2.75) is 46.1 Å². The van der Waals surface area contributed by atoms with Gasteiger partial charge >= 0.3 is 0 Å². The first-order chi connectivity index (χ1) is 9.79. The molecule has 0 saturated carbocycles. The predicted molar refractivity (Wildman–Crippen MR) is 84.2 cm³/mol. The molecule has 1 amide bonds. The van der Waals surface area contributed by atoms with Gasteiger partial charge in [0.25, 0.3) is 0 Å². The lowest BCUT2D eigenvalue weighted by molar-refractivity contribution is -0.136. The van der Waals surface area contributed by atoms with Crippen LogP contribution in [0.25, 0.3) is 0 Å². The van der Waals surface area contributed by atoms with Crippen molar-refractivity contribution in [1.29, 1.82) is 0 Å². The van der Waals surface area contributed by atoms with Crippen molar-refractivity contribution in [3.63, 3.8) is 0 Å². The Balaban J connectivity index is 2.50. The smallest absolute Gasteiger partial charge is 0.226 e. The van der Waals surface area contributed by atoms with Crippen LogP contribution in [0.3, 0.4) is 0 Å². The molecule has 0 bridgehead atoms. The summed E-state index contributed by atoms with van der Waals surface area (Å²) in [7, 11) is -3.17. The molecule has 0 spiro atoms. The molecule has 1 saturated heterocycles.